The van der Waals surface area contributed by atoms with Crippen LogP contribution in [0.25, 0.3) is 11.1 Å². The molecule has 5 heteroatoms. The Morgan fingerprint density at radius 2 is 1.83 bits per heavy atom. The van der Waals surface area contributed by atoms with E-state index >= 15 is 0 Å². The molecule has 3 aromatic carbocycles. The number of hydrogen-bond donors (Lipinski definition) is 2. The molecule has 1 heterocycles. The van der Waals surface area contributed by atoms with Gasteiger partial charge in [0.05, 0.1) is 12.6 Å². The van der Waals surface area contributed by atoms with Gasteiger partial charge in [0.2, 0.25) is 0 Å². The number of ether oxygens (including phenoxy) is 1. The van der Waals surface area contributed by atoms with Crippen LogP contribution in [0.5, 0.6) is 5.75 Å². The van der Waals surface area contributed by atoms with E-state index in [1.165, 1.54) is 12.1 Å². The maximum atomic E-state index is 14.1. The van der Waals surface area contributed by atoms with E-state index in [2.05, 4.69) is 10.6 Å². The number of nitrogens with one attached hydrogen (secondary N) is 2. The van der Waals surface area contributed by atoms with E-state index in [9.17, 15) is 9.18 Å². The van der Waals surface area contributed by atoms with Gasteiger partial charge in [-0.1, -0.05) is 24.3 Å². The van der Waals surface area contributed by atoms with Crippen molar-refractivity contribution in [2.75, 3.05) is 17.7 Å². The van der Waals surface area contributed by atoms with Crippen LogP contribution in [0.2, 0.25) is 0 Å². The minimum Gasteiger partial charge on any atom is -0.496 e. The molecule has 4 nitrogen and oxygen atoms in total. The van der Waals surface area contributed by atoms with E-state index in [-0.39, 0.29) is 11.6 Å². The Bertz CT molecular complexity index is 1090. The zero-order chi connectivity index (χ0) is 21.3. The number of fused-ring (bicyclic) bond motifs is 1. The van der Waals surface area contributed by atoms with E-state index in [0.717, 1.165) is 28.1 Å². The van der Waals surface area contributed by atoms with Crippen molar-refractivity contribution in [3.8, 4) is 16.9 Å². The van der Waals surface area contributed by atoms with Crippen LogP contribution in [0.1, 0.15) is 25.0 Å². The van der Waals surface area contributed by atoms with Crippen LogP contribution in [-0.2, 0) is 17.8 Å². The Labute approximate surface area is 176 Å². The number of hydrogen-bond acceptors (Lipinski definition) is 4. The van der Waals surface area contributed by atoms with Crippen molar-refractivity contribution in [3.63, 3.8) is 0 Å². The molecule has 0 aromatic heterocycles. The van der Waals surface area contributed by atoms with Gasteiger partial charge in [-0.3, -0.25) is 4.79 Å². The number of benzene rings is 3. The third kappa shape index (κ3) is 3.75. The average Bonchev–Trinajstić information content (AvgIpc) is 2.73. The zero-order valence-electron chi connectivity index (χ0n) is 17.4. The molecule has 0 aliphatic carbocycles. The lowest BCUT2D eigenvalue weighted by molar-refractivity contribution is -0.122. The quantitative estimate of drug-likeness (QED) is 0.595. The highest BCUT2D eigenvalue weighted by atomic mass is 19.1. The molecule has 0 unspecified atom stereocenters. The van der Waals surface area contributed by atoms with Crippen LogP contribution >= 0.6 is 0 Å². The van der Waals surface area contributed by atoms with Gasteiger partial charge in [0.1, 0.15) is 11.6 Å². The third-order valence-corrected chi connectivity index (χ3v) is 5.61. The van der Waals surface area contributed by atoms with Crippen molar-refractivity contribution < 1.29 is 13.9 Å². The lowest BCUT2D eigenvalue weighted by Gasteiger charge is -2.34. The van der Waals surface area contributed by atoms with E-state index < -0.39 is 5.54 Å². The second kappa shape index (κ2) is 7.82. The number of halogens is 1. The molecular weight excluding hydrogens is 379 g/mol. The highest BCUT2D eigenvalue weighted by molar-refractivity contribution is 5.97. The summed E-state index contributed by atoms with van der Waals surface area (Å²) in [7, 11) is 1.57. The maximum absolute atomic E-state index is 14.1. The third-order valence-electron chi connectivity index (χ3n) is 5.61. The normalized spacial score (nSPS) is 14.6. The summed E-state index contributed by atoms with van der Waals surface area (Å²) in [4.78, 5) is 12.8. The van der Waals surface area contributed by atoms with E-state index in [4.69, 9.17) is 4.74 Å². The minimum atomic E-state index is -0.616. The predicted molar refractivity (Wildman–Crippen MR) is 119 cm³/mol. The molecule has 0 radical (unpaired) electrons. The topological polar surface area (TPSA) is 50.4 Å². The van der Waals surface area contributed by atoms with Gasteiger partial charge in [-0.2, -0.15) is 0 Å². The maximum Gasteiger partial charge on any atom is 0.162 e. The summed E-state index contributed by atoms with van der Waals surface area (Å²) < 4.78 is 19.6. The zero-order valence-corrected chi connectivity index (χ0v) is 17.4. The van der Waals surface area contributed by atoms with Gasteiger partial charge in [-0.15, -0.1) is 0 Å². The van der Waals surface area contributed by atoms with Crippen molar-refractivity contribution in [2.24, 2.45) is 0 Å². The Balaban J connectivity index is 1.85. The van der Waals surface area contributed by atoms with Crippen molar-refractivity contribution in [2.45, 2.75) is 32.4 Å². The van der Waals surface area contributed by atoms with Gasteiger partial charge in [0.15, 0.2) is 5.78 Å². The monoisotopic (exact) mass is 404 g/mol. The summed E-state index contributed by atoms with van der Waals surface area (Å²) in [5, 5.41) is 6.80. The molecule has 3 aromatic rings. The Kier molecular flexibility index (Phi) is 5.20. The number of para-hydroxylation sites is 1. The first-order chi connectivity index (χ1) is 14.4. The fraction of sp³-hybridized carbons (Fsp3) is 0.240. The van der Waals surface area contributed by atoms with Gasteiger partial charge in [0.25, 0.3) is 0 Å². The van der Waals surface area contributed by atoms with Crippen LogP contribution in [0, 0.1) is 5.82 Å². The molecule has 0 amide bonds. The number of carbonyl (C=O) groups excluding carboxylic acids is 1. The Hall–Kier alpha value is -3.34. The first-order valence-corrected chi connectivity index (χ1v) is 9.98. The van der Waals surface area contributed by atoms with Crippen LogP contribution in [-0.4, -0.2) is 18.4 Å². The smallest absolute Gasteiger partial charge is 0.162 e. The summed E-state index contributed by atoms with van der Waals surface area (Å²) in [6.07, 6.45) is 0.326. The first kappa shape index (κ1) is 20.0. The molecule has 0 saturated carbocycles. The fourth-order valence-electron chi connectivity index (χ4n) is 3.89. The Morgan fingerprint density at radius 1 is 1.07 bits per heavy atom. The molecule has 2 N–H and O–H groups in total. The van der Waals surface area contributed by atoms with E-state index in [1.807, 2.05) is 56.3 Å². The lowest BCUT2D eigenvalue weighted by atomic mass is 9.83. The number of anilines is 2. The summed E-state index contributed by atoms with van der Waals surface area (Å²) >= 11 is 0. The van der Waals surface area contributed by atoms with Crippen LogP contribution < -0.4 is 15.4 Å². The molecule has 154 valence electrons. The molecule has 30 heavy (non-hydrogen) atoms. The predicted octanol–water partition coefficient (Wildman–Crippen LogP) is 5.43. The highest BCUT2D eigenvalue weighted by Gasteiger charge is 2.34. The summed E-state index contributed by atoms with van der Waals surface area (Å²) in [5.41, 5.74) is 4.70. The Morgan fingerprint density at radius 3 is 2.57 bits per heavy atom. The van der Waals surface area contributed by atoms with Crippen molar-refractivity contribution in [3.05, 3.63) is 77.6 Å². The first-order valence-electron chi connectivity index (χ1n) is 9.98. The molecule has 0 spiro atoms. The van der Waals surface area contributed by atoms with Gasteiger partial charge in [-0.05, 0) is 66.9 Å². The van der Waals surface area contributed by atoms with Gasteiger partial charge < -0.3 is 15.4 Å². The van der Waals surface area contributed by atoms with Crippen molar-refractivity contribution in [1.82, 2.24) is 0 Å². The van der Waals surface area contributed by atoms with Crippen LogP contribution in [0.4, 0.5) is 15.8 Å². The van der Waals surface area contributed by atoms with Gasteiger partial charge in [0, 0.05) is 29.9 Å². The molecule has 0 saturated heterocycles. The number of ketones is 1. The molecular formula is C25H25FN2O2. The van der Waals surface area contributed by atoms with E-state index in [1.54, 1.807) is 13.2 Å². The second-order valence-electron chi connectivity index (χ2n) is 8.03. The van der Waals surface area contributed by atoms with E-state index in [0.29, 0.717) is 24.3 Å². The summed E-state index contributed by atoms with van der Waals surface area (Å²) in [6, 6.07) is 18.3. The highest BCUT2D eigenvalue weighted by Crippen LogP contribution is 2.40. The molecule has 4 rings (SSSR count). The summed E-state index contributed by atoms with van der Waals surface area (Å²) in [6.45, 7) is 4.28. The van der Waals surface area contributed by atoms with Crippen LogP contribution in [0.3, 0.4) is 0 Å². The lowest BCUT2D eigenvalue weighted by Crippen LogP contribution is -2.45. The largest absolute Gasteiger partial charge is 0.496 e. The van der Waals surface area contributed by atoms with Crippen molar-refractivity contribution in [1.29, 1.82) is 0 Å². The summed E-state index contributed by atoms with van der Waals surface area (Å²) in [5.74, 6) is 0.382. The van der Waals surface area contributed by atoms with Crippen molar-refractivity contribution >= 4 is 17.2 Å². The van der Waals surface area contributed by atoms with Gasteiger partial charge in [-0.25, -0.2) is 4.39 Å². The molecule has 1 aliphatic rings. The molecule has 0 atom stereocenters. The SMILES string of the molecule is COc1ccc(F)cc1-c1ccc2c(c1CNc1ccccc1)CC(=O)C(C)(C)N2. The van der Waals surface area contributed by atoms with Crippen LogP contribution in [0.15, 0.2) is 60.7 Å². The second-order valence-corrected chi connectivity index (χ2v) is 8.03. The number of methoxy groups -OCH3 is 1. The molecule has 0 fully saturated rings. The molecule has 0 bridgehead atoms. The average molecular weight is 404 g/mol. The molecule has 1 aliphatic heterocycles. The number of rotatable bonds is 5. The standard InChI is InChI=1S/C25H25FN2O2/c1-25(2)24(29)14-19-21(15-27-17-7-5-4-6-8-17)18(10-11-22(19)28-25)20-13-16(26)9-12-23(20)30-3/h4-13,27-28H,14-15H2,1-3H3. The fourth-order valence-corrected chi connectivity index (χ4v) is 3.89. The number of carbonyl (C=O) groups is 1. The number of Topliss-reactive ketones (excluding diaryl/α,β-unsaturated/α-hetero) is 1. The van der Waals surface area contributed by atoms with Gasteiger partial charge >= 0.3 is 0 Å². The minimum absolute atomic E-state index is 0.124.